The predicted molar refractivity (Wildman–Crippen MR) is 89.1 cm³/mol. The lowest BCUT2D eigenvalue weighted by Gasteiger charge is -2.18. The first-order chi connectivity index (χ1) is 12.0. The van der Waals surface area contributed by atoms with E-state index in [-0.39, 0.29) is 23.0 Å². The normalized spacial score (nSPS) is 14.3. The molecular weight excluding hydrogens is 325 g/mol. The summed E-state index contributed by atoms with van der Waals surface area (Å²) in [5.41, 5.74) is 6.28. The Morgan fingerprint density at radius 2 is 2.12 bits per heavy atom. The van der Waals surface area contributed by atoms with Gasteiger partial charge in [0.15, 0.2) is 5.69 Å². The van der Waals surface area contributed by atoms with E-state index < -0.39 is 11.8 Å². The number of hydrogen-bond acceptors (Lipinski definition) is 5. The summed E-state index contributed by atoms with van der Waals surface area (Å²) < 4.78 is 26.0. The number of nitrogen functional groups attached to an aromatic ring is 1. The molecule has 1 aliphatic rings. The third-order valence-corrected chi connectivity index (χ3v) is 4.32. The van der Waals surface area contributed by atoms with Crippen LogP contribution in [0.4, 0.5) is 10.1 Å². The molecule has 2 aromatic rings. The minimum atomic E-state index is -0.713. The summed E-state index contributed by atoms with van der Waals surface area (Å²) in [6.45, 7) is 0. The van der Waals surface area contributed by atoms with E-state index in [9.17, 15) is 14.4 Å². The van der Waals surface area contributed by atoms with Gasteiger partial charge in [-0.1, -0.05) is 0 Å². The predicted octanol–water partition coefficient (Wildman–Crippen LogP) is 3.18. The molecule has 25 heavy (non-hydrogen) atoms. The second-order valence-corrected chi connectivity index (χ2v) is 5.91. The van der Waals surface area contributed by atoms with Crippen LogP contribution in [0.3, 0.4) is 0 Å². The van der Waals surface area contributed by atoms with Crippen molar-refractivity contribution < 1.29 is 18.7 Å². The second-order valence-electron chi connectivity index (χ2n) is 5.91. The third-order valence-electron chi connectivity index (χ3n) is 4.32. The molecule has 1 aromatic heterocycles. The minimum Gasteiger partial charge on any atom is -0.488 e. The van der Waals surface area contributed by atoms with Gasteiger partial charge in [0.2, 0.25) is 0 Å². The molecule has 130 valence electrons. The fraction of sp³-hybridized carbons (Fsp3) is 0.333. The molecule has 6 nitrogen and oxygen atoms in total. The van der Waals surface area contributed by atoms with Crippen LogP contribution >= 0.6 is 0 Å². The number of esters is 1. The van der Waals surface area contributed by atoms with Crippen LogP contribution in [-0.2, 0) is 4.74 Å². The fourth-order valence-corrected chi connectivity index (χ4v) is 3.07. The van der Waals surface area contributed by atoms with Gasteiger partial charge in [-0.3, -0.25) is 0 Å². The standard InChI is InChI=1S/C18H18FN3O3/c1-24-18(23)17-16(21)11(9-20)10-22(17)14-8-12(19)6-7-15(14)25-13-4-2-3-5-13/h6-8,10,13H,2-5,21H2,1H3. The lowest BCUT2D eigenvalue weighted by molar-refractivity contribution is 0.0593. The molecule has 0 spiro atoms. The Bertz CT molecular complexity index is 848. The van der Waals surface area contributed by atoms with Gasteiger partial charge in [0, 0.05) is 12.3 Å². The van der Waals surface area contributed by atoms with Crippen molar-refractivity contribution in [3.63, 3.8) is 0 Å². The van der Waals surface area contributed by atoms with Crippen LogP contribution in [0.15, 0.2) is 24.4 Å². The average Bonchev–Trinajstić information content (AvgIpc) is 3.23. The molecule has 0 bridgehead atoms. The number of anilines is 1. The number of nitrogens with zero attached hydrogens (tertiary/aromatic N) is 2. The van der Waals surface area contributed by atoms with Gasteiger partial charge in [-0.25, -0.2) is 9.18 Å². The molecule has 1 aromatic carbocycles. The number of carbonyl (C=O) groups excluding carboxylic acids is 1. The molecule has 2 N–H and O–H groups in total. The van der Waals surface area contributed by atoms with Gasteiger partial charge in [0.25, 0.3) is 0 Å². The first-order valence-corrected chi connectivity index (χ1v) is 8.01. The lowest BCUT2D eigenvalue weighted by Crippen LogP contribution is -2.15. The monoisotopic (exact) mass is 343 g/mol. The highest BCUT2D eigenvalue weighted by Crippen LogP contribution is 2.33. The summed E-state index contributed by atoms with van der Waals surface area (Å²) in [6, 6.07) is 5.99. The van der Waals surface area contributed by atoms with E-state index in [1.54, 1.807) is 0 Å². The molecule has 0 aliphatic heterocycles. The highest BCUT2D eigenvalue weighted by atomic mass is 19.1. The van der Waals surface area contributed by atoms with Crippen LogP contribution in [0.1, 0.15) is 41.7 Å². The van der Waals surface area contributed by atoms with Crippen molar-refractivity contribution in [1.29, 1.82) is 5.26 Å². The van der Waals surface area contributed by atoms with Crippen LogP contribution in [0.25, 0.3) is 5.69 Å². The van der Waals surface area contributed by atoms with Crippen LogP contribution in [0.5, 0.6) is 5.75 Å². The molecule has 1 fully saturated rings. The number of methoxy groups -OCH3 is 1. The third kappa shape index (κ3) is 3.15. The van der Waals surface area contributed by atoms with E-state index >= 15 is 0 Å². The number of nitrogens with two attached hydrogens (primary N) is 1. The molecule has 0 amide bonds. The Balaban J connectivity index is 2.14. The van der Waals surface area contributed by atoms with Crippen molar-refractivity contribution in [3.8, 4) is 17.5 Å². The van der Waals surface area contributed by atoms with E-state index in [4.69, 9.17) is 15.2 Å². The molecule has 0 radical (unpaired) electrons. The number of hydrogen-bond donors (Lipinski definition) is 1. The van der Waals surface area contributed by atoms with Crippen LogP contribution in [-0.4, -0.2) is 23.8 Å². The van der Waals surface area contributed by atoms with Crippen LogP contribution in [0.2, 0.25) is 0 Å². The molecule has 0 atom stereocenters. The second kappa shape index (κ2) is 6.85. The highest BCUT2D eigenvalue weighted by molar-refractivity contribution is 5.96. The van der Waals surface area contributed by atoms with Crippen molar-refractivity contribution in [2.45, 2.75) is 31.8 Å². The Morgan fingerprint density at radius 3 is 2.76 bits per heavy atom. The number of ether oxygens (including phenoxy) is 2. The summed E-state index contributed by atoms with van der Waals surface area (Å²) >= 11 is 0. The number of rotatable bonds is 4. The van der Waals surface area contributed by atoms with Crippen molar-refractivity contribution in [1.82, 2.24) is 4.57 Å². The molecule has 1 heterocycles. The topological polar surface area (TPSA) is 90.3 Å². The minimum absolute atomic E-state index is 0.00886. The Labute approximate surface area is 144 Å². The van der Waals surface area contributed by atoms with Crippen molar-refractivity contribution in [3.05, 3.63) is 41.5 Å². The van der Waals surface area contributed by atoms with Gasteiger partial charge >= 0.3 is 5.97 Å². The summed E-state index contributed by atoms with van der Waals surface area (Å²) in [4.78, 5) is 12.1. The van der Waals surface area contributed by atoms with E-state index in [1.165, 1.54) is 36.1 Å². The lowest BCUT2D eigenvalue weighted by atomic mass is 10.2. The number of aromatic nitrogens is 1. The SMILES string of the molecule is COC(=O)c1c(N)c(C#N)cn1-c1cc(F)ccc1OC1CCCC1. The Kier molecular flexibility index (Phi) is 4.61. The summed E-state index contributed by atoms with van der Waals surface area (Å²) in [6.07, 6.45) is 5.47. The van der Waals surface area contributed by atoms with Crippen LogP contribution in [0, 0.1) is 17.1 Å². The van der Waals surface area contributed by atoms with Gasteiger partial charge in [0.05, 0.1) is 30.2 Å². The molecule has 0 saturated heterocycles. The van der Waals surface area contributed by atoms with Crippen molar-refractivity contribution in [2.75, 3.05) is 12.8 Å². The molecule has 0 unspecified atom stereocenters. The van der Waals surface area contributed by atoms with E-state index in [0.717, 1.165) is 25.7 Å². The first-order valence-electron chi connectivity index (χ1n) is 8.01. The van der Waals surface area contributed by atoms with Gasteiger partial charge in [-0.2, -0.15) is 5.26 Å². The average molecular weight is 343 g/mol. The van der Waals surface area contributed by atoms with Gasteiger partial charge in [0.1, 0.15) is 17.6 Å². The molecule has 7 heteroatoms. The smallest absolute Gasteiger partial charge is 0.357 e. The van der Waals surface area contributed by atoms with Crippen molar-refractivity contribution in [2.24, 2.45) is 0 Å². The molecular formula is C18H18FN3O3. The fourth-order valence-electron chi connectivity index (χ4n) is 3.07. The summed E-state index contributed by atoms with van der Waals surface area (Å²) in [5, 5.41) is 9.21. The quantitative estimate of drug-likeness (QED) is 0.861. The Hall–Kier alpha value is -3.01. The van der Waals surface area contributed by atoms with E-state index in [2.05, 4.69) is 0 Å². The number of carbonyl (C=O) groups is 1. The summed E-state index contributed by atoms with van der Waals surface area (Å²) in [7, 11) is 1.21. The number of nitriles is 1. The number of benzene rings is 1. The largest absolute Gasteiger partial charge is 0.488 e. The maximum Gasteiger partial charge on any atom is 0.357 e. The van der Waals surface area contributed by atoms with Gasteiger partial charge in [-0.05, 0) is 37.8 Å². The zero-order valence-electron chi connectivity index (χ0n) is 13.8. The summed E-state index contributed by atoms with van der Waals surface area (Å²) in [5.74, 6) is -0.775. The van der Waals surface area contributed by atoms with Gasteiger partial charge in [-0.15, -0.1) is 0 Å². The Morgan fingerprint density at radius 1 is 1.40 bits per heavy atom. The molecule has 3 rings (SSSR count). The van der Waals surface area contributed by atoms with Crippen LogP contribution < -0.4 is 10.5 Å². The maximum atomic E-state index is 13.9. The zero-order chi connectivity index (χ0) is 18.0. The molecule has 1 saturated carbocycles. The zero-order valence-corrected chi connectivity index (χ0v) is 13.8. The highest BCUT2D eigenvalue weighted by Gasteiger charge is 2.25. The number of halogens is 1. The molecule has 1 aliphatic carbocycles. The first kappa shape index (κ1) is 16.8. The van der Waals surface area contributed by atoms with Crippen molar-refractivity contribution >= 4 is 11.7 Å². The van der Waals surface area contributed by atoms with Gasteiger partial charge < -0.3 is 19.8 Å². The van der Waals surface area contributed by atoms with E-state index in [1.807, 2.05) is 6.07 Å². The maximum absolute atomic E-state index is 13.9. The van der Waals surface area contributed by atoms with E-state index in [0.29, 0.717) is 11.4 Å².